The molecular weight excluding hydrogens is 160 g/mol. The Morgan fingerprint density at radius 2 is 2.08 bits per heavy atom. The molecule has 4 nitrogen and oxygen atoms in total. The van der Waals surface area contributed by atoms with Crippen LogP contribution in [0.5, 0.6) is 0 Å². The number of aliphatic hydroxyl groups excluding tert-OH is 2. The third-order valence-corrected chi connectivity index (χ3v) is 1.22. The molecule has 0 aromatic carbocycles. The van der Waals surface area contributed by atoms with Crippen molar-refractivity contribution in [2.24, 2.45) is 5.92 Å². The van der Waals surface area contributed by atoms with Crippen LogP contribution in [0.4, 0.5) is 0 Å². The van der Waals surface area contributed by atoms with E-state index in [4.69, 9.17) is 10.2 Å². The summed E-state index contributed by atoms with van der Waals surface area (Å²) in [5.41, 5.74) is 0. The Morgan fingerprint density at radius 1 is 1.50 bits per heavy atom. The van der Waals surface area contributed by atoms with Crippen molar-refractivity contribution in [2.75, 3.05) is 13.2 Å². The van der Waals surface area contributed by atoms with Crippen LogP contribution in [-0.4, -0.2) is 35.5 Å². The third kappa shape index (κ3) is 6.12. The molecule has 0 spiro atoms. The van der Waals surface area contributed by atoms with Crippen LogP contribution in [-0.2, 0) is 9.53 Å². The molecule has 0 saturated carbocycles. The molecule has 0 aromatic heterocycles. The van der Waals surface area contributed by atoms with Crippen molar-refractivity contribution >= 4 is 5.97 Å². The second kappa shape index (κ2) is 5.97. The molecule has 0 rings (SSSR count). The zero-order chi connectivity index (χ0) is 9.56. The number of ether oxygens (including phenoxy) is 1. The second-order valence-corrected chi connectivity index (χ2v) is 3.12. The second-order valence-electron chi connectivity index (χ2n) is 3.12. The summed E-state index contributed by atoms with van der Waals surface area (Å²) in [6.07, 6.45) is -0.612. The van der Waals surface area contributed by atoms with Gasteiger partial charge in [-0.05, 0) is 5.92 Å². The lowest BCUT2D eigenvalue weighted by atomic mass is 10.1. The first-order chi connectivity index (χ1) is 5.56. The molecule has 0 unspecified atom stereocenters. The molecule has 0 amide bonds. The van der Waals surface area contributed by atoms with Crippen LogP contribution >= 0.6 is 0 Å². The van der Waals surface area contributed by atoms with Gasteiger partial charge in [-0.1, -0.05) is 13.8 Å². The van der Waals surface area contributed by atoms with Crippen molar-refractivity contribution in [2.45, 2.75) is 26.4 Å². The first kappa shape index (κ1) is 11.4. The van der Waals surface area contributed by atoms with Gasteiger partial charge in [-0.25, -0.2) is 0 Å². The van der Waals surface area contributed by atoms with E-state index < -0.39 is 6.10 Å². The van der Waals surface area contributed by atoms with E-state index in [9.17, 15) is 4.79 Å². The Bertz CT molecular complexity index is 133. The van der Waals surface area contributed by atoms with E-state index in [0.29, 0.717) is 6.42 Å². The topological polar surface area (TPSA) is 66.8 Å². The van der Waals surface area contributed by atoms with Gasteiger partial charge < -0.3 is 14.9 Å². The Balaban J connectivity index is 3.44. The maximum Gasteiger partial charge on any atom is 0.306 e. The van der Waals surface area contributed by atoms with Crippen molar-refractivity contribution in [3.05, 3.63) is 0 Å². The average molecular weight is 176 g/mol. The number of rotatable bonds is 5. The minimum absolute atomic E-state index is 0.123. The molecule has 0 aliphatic carbocycles. The number of carbonyl (C=O) groups is 1. The first-order valence-corrected chi connectivity index (χ1v) is 4.00. The van der Waals surface area contributed by atoms with Crippen LogP contribution in [0.2, 0.25) is 0 Å². The molecule has 0 fully saturated rings. The van der Waals surface area contributed by atoms with Crippen molar-refractivity contribution < 1.29 is 19.7 Å². The van der Waals surface area contributed by atoms with Crippen LogP contribution in [0, 0.1) is 5.92 Å². The van der Waals surface area contributed by atoms with E-state index in [1.807, 2.05) is 13.8 Å². The van der Waals surface area contributed by atoms with Crippen molar-refractivity contribution in [3.8, 4) is 0 Å². The summed E-state index contributed by atoms with van der Waals surface area (Å²) in [4.78, 5) is 10.9. The van der Waals surface area contributed by atoms with Gasteiger partial charge in [-0.15, -0.1) is 0 Å². The summed E-state index contributed by atoms with van der Waals surface area (Å²) in [7, 11) is 0. The highest BCUT2D eigenvalue weighted by molar-refractivity contribution is 5.69. The number of aliphatic hydroxyl groups is 2. The lowest BCUT2D eigenvalue weighted by molar-refractivity contribution is -0.148. The summed E-state index contributed by atoms with van der Waals surface area (Å²) in [5.74, 6) is -0.0822. The van der Waals surface area contributed by atoms with E-state index in [1.165, 1.54) is 0 Å². The molecular formula is C8H16O4. The van der Waals surface area contributed by atoms with Gasteiger partial charge in [0.15, 0.2) is 0 Å². The van der Waals surface area contributed by atoms with Gasteiger partial charge in [-0.2, -0.15) is 0 Å². The first-order valence-electron chi connectivity index (χ1n) is 4.00. The van der Waals surface area contributed by atoms with Gasteiger partial charge in [0.05, 0.1) is 6.61 Å². The molecule has 1 atom stereocenters. The normalized spacial score (nSPS) is 13.1. The molecule has 0 aliphatic heterocycles. The van der Waals surface area contributed by atoms with Crippen LogP contribution < -0.4 is 0 Å². The highest BCUT2D eigenvalue weighted by atomic mass is 16.5. The smallest absolute Gasteiger partial charge is 0.306 e. The van der Waals surface area contributed by atoms with Crippen LogP contribution in [0.1, 0.15) is 20.3 Å². The van der Waals surface area contributed by atoms with Gasteiger partial charge in [0.25, 0.3) is 0 Å². The molecule has 0 saturated heterocycles. The quantitative estimate of drug-likeness (QED) is 0.575. The van der Waals surface area contributed by atoms with Gasteiger partial charge in [-0.3, -0.25) is 4.79 Å². The molecule has 0 radical (unpaired) electrons. The number of carbonyl (C=O) groups excluding carboxylic acids is 1. The van der Waals surface area contributed by atoms with Gasteiger partial charge >= 0.3 is 5.97 Å². The fraction of sp³-hybridized carbons (Fsp3) is 0.875. The number of esters is 1. The van der Waals surface area contributed by atoms with Gasteiger partial charge in [0, 0.05) is 6.42 Å². The minimum atomic E-state index is -0.957. The van der Waals surface area contributed by atoms with Gasteiger partial charge in [0.2, 0.25) is 0 Å². The van der Waals surface area contributed by atoms with E-state index >= 15 is 0 Å². The monoisotopic (exact) mass is 176 g/mol. The van der Waals surface area contributed by atoms with E-state index in [-0.39, 0.29) is 25.1 Å². The largest absolute Gasteiger partial charge is 0.463 e. The molecule has 0 bridgehead atoms. The lowest BCUT2D eigenvalue weighted by Crippen LogP contribution is -2.22. The van der Waals surface area contributed by atoms with Crippen molar-refractivity contribution in [1.82, 2.24) is 0 Å². The molecule has 72 valence electrons. The maximum absolute atomic E-state index is 10.9. The molecule has 2 N–H and O–H groups in total. The zero-order valence-electron chi connectivity index (χ0n) is 7.49. The highest BCUT2D eigenvalue weighted by Crippen LogP contribution is 2.01. The van der Waals surface area contributed by atoms with Crippen molar-refractivity contribution in [3.63, 3.8) is 0 Å². The molecule has 0 aromatic rings. The highest BCUT2D eigenvalue weighted by Gasteiger charge is 2.08. The molecule has 0 aliphatic rings. The predicted octanol–water partition coefficient (Wildman–Crippen LogP) is -0.0711. The van der Waals surface area contributed by atoms with E-state index in [2.05, 4.69) is 4.74 Å². The maximum atomic E-state index is 10.9. The minimum Gasteiger partial charge on any atom is -0.463 e. The average Bonchev–Trinajstić information content (AvgIpc) is 1.99. The lowest BCUT2D eigenvalue weighted by Gasteiger charge is -2.09. The summed E-state index contributed by atoms with van der Waals surface area (Å²) in [6.45, 7) is 3.31. The van der Waals surface area contributed by atoms with Crippen LogP contribution in [0.3, 0.4) is 0 Å². The standard InChI is InChI=1S/C8H16O4/c1-6(2)3-8(11)12-5-7(10)4-9/h6-7,9-10H,3-5H2,1-2H3/t7-/m0/s1. The predicted molar refractivity (Wildman–Crippen MR) is 43.5 cm³/mol. The fourth-order valence-electron chi connectivity index (χ4n) is 0.634. The van der Waals surface area contributed by atoms with Crippen molar-refractivity contribution in [1.29, 1.82) is 0 Å². The molecule has 12 heavy (non-hydrogen) atoms. The Hall–Kier alpha value is -0.610. The van der Waals surface area contributed by atoms with Gasteiger partial charge in [0.1, 0.15) is 12.7 Å². The third-order valence-electron chi connectivity index (χ3n) is 1.22. The zero-order valence-corrected chi connectivity index (χ0v) is 7.49. The van der Waals surface area contributed by atoms with E-state index in [1.54, 1.807) is 0 Å². The summed E-state index contributed by atoms with van der Waals surface area (Å²) < 4.78 is 4.66. The Morgan fingerprint density at radius 3 is 2.50 bits per heavy atom. The van der Waals surface area contributed by atoms with E-state index in [0.717, 1.165) is 0 Å². The molecule has 0 heterocycles. The SMILES string of the molecule is CC(C)CC(=O)OC[C@@H](O)CO. The Kier molecular flexibility index (Phi) is 5.66. The van der Waals surface area contributed by atoms with Crippen LogP contribution in [0.15, 0.2) is 0 Å². The number of hydrogen-bond donors (Lipinski definition) is 2. The Labute approximate surface area is 72.2 Å². The number of hydrogen-bond acceptors (Lipinski definition) is 4. The summed E-state index contributed by atoms with van der Waals surface area (Å²) in [5, 5.41) is 17.2. The fourth-order valence-corrected chi connectivity index (χ4v) is 0.634. The summed E-state index contributed by atoms with van der Waals surface area (Å²) in [6, 6.07) is 0. The van der Waals surface area contributed by atoms with Crippen LogP contribution in [0.25, 0.3) is 0 Å². The molecule has 4 heteroatoms. The summed E-state index contributed by atoms with van der Waals surface area (Å²) >= 11 is 0.